The third kappa shape index (κ3) is 6.28. The lowest BCUT2D eigenvalue weighted by atomic mass is 9.95. The Kier molecular flexibility index (Phi) is 7.94. The number of pyridine rings is 1. The molecule has 9 nitrogen and oxygen atoms in total. The monoisotopic (exact) mass is 494 g/mol. The molecule has 0 spiro atoms. The zero-order chi connectivity index (χ0) is 25.6. The van der Waals surface area contributed by atoms with E-state index in [1.54, 1.807) is 6.07 Å². The summed E-state index contributed by atoms with van der Waals surface area (Å²) >= 11 is 0. The maximum atomic E-state index is 13.1. The van der Waals surface area contributed by atoms with Gasteiger partial charge in [-0.3, -0.25) is 9.59 Å². The van der Waals surface area contributed by atoms with E-state index >= 15 is 0 Å². The first-order valence-corrected chi connectivity index (χ1v) is 10.1. The van der Waals surface area contributed by atoms with E-state index in [1.807, 2.05) is 0 Å². The maximum Gasteiger partial charge on any atom is 0.422 e. The van der Waals surface area contributed by atoms with Gasteiger partial charge < -0.3 is 23.4 Å². The summed E-state index contributed by atoms with van der Waals surface area (Å²) in [7, 11) is 3.80. The van der Waals surface area contributed by atoms with Crippen LogP contribution in [0.25, 0.3) is 11.5 Å². The molecule has 186 valence electrons. The molecule has 0 aliphatic rings. The SMILES string of the molecule is COC(=O)C(Cc1coc(-c2ccc(OC)c(OCC(F)(F)F)c2)n1)C(=O)c1ncccc1OC. The molecule has 0 bridgehead atoms. The van der Waals surface area contributed by atoms with Crippen LogP contribution in [-0.4, -0.2) is 55.8 Å². The number of esters is 1. The van der Waals surface area contributed by atoms with Crippen molar-refractivity contribution in [2.45, 2.75) is 12.6 Å². The molecule has 2 aromatic heterocycles. The standard InChI is InChI=1S/C23H21F3N2O7/c1-31-16-7-6-13(9-18(16)35-12-23(24,25)26)21-28-14(11-34-21)10-15(22(30)33-3)20(29)19-17(32-2)5-4-8-27-19/h4-9,11,15H,10,12H2,1-3H3. The number of nitrogens with zero attached hydrogens (tertiary/aromatic N) is 2. The fourth-order valence-electron chi connectivity index (χ4n) is 3.16. The van der Waals surface area contributed by atoms with Gasteiger partial charge >= 0.3 is 12.1 Å². The van der Waals surface area contributed by atoms with Crippen molar-refractivity contribution in [3.63, 3.8) is 0 Å². The van der Waals surface area contributed by atoms with Crippen molar-refractivity contribution >= 4 is 11.8 Å². The molecule has 0 aliphatic carbocycles. The molecule has 1 unspecified atom stereocenters. The number of Topliss-reactive ketones (excluding diaryl/α,β-unsaturated/α-hetero) is 1. The minimum Gasteiger partial charge on any atom is -0.494 e. The number of rotatable bonds is 10. The number of ketones is 1. The molecule has 0 N–H and O–H groups in total. The first kappa shape index (κ1) is 25.5. The molecule has 2 heterocycles. The second-order valence-electron chi connectivity index (χ2n) is 7.11. The van der Waals surface area contributed by atoms with Crippen LogP contribution in [0.5, 0.6) is 17.2 Å². The van der Waals surface area contributed by atoms with Gasteiger partial charge in [0.15, 0.2) is 23.9 Å². The van der Waals surface area contributed by atoms with E-state index in [0.29, 0.717) is 5.56 Å². The molecule has 35 heavy (non-hydrogen) atoms. The summed E-state index contributed by atoms with van der Waals surface area (Å²) in [6.45, 7) is -1.51. The second-order valence-corrected chi connectivity index (χ2v) is 7.11. The Bertz CT molecular complexity index is 1190. The Hall–Kier alpha value is -4.09. The molecule has 0 saturated heterocycles. The highest BCUT2D eigenvalue weighted by Gasteiger charge is 2.33. The van der Waals surface area contributed by atoms with E-state index in [0.717, 1.165) is 7.11 Å². The third-order valence-corrected chi connectivity index (χ3v) is 4.79. The Morgan fingerprint density at radius 1 is 1.06 bits per heavy atom. The number of hydrogen-bond acceptors (Lipinski definition) is 9. The average Bonchev–Trinajstić information content (AvgIpc) is 3.33. The predicted molar refractivity (Wildman–Crippen MR) is 114 cm³/mol. The van der Waals surface area contributed by atoms with E-state index in [9.17, 15) is 22.8 Å². The molecule has 0 aliphatic heterocycles. The van der Waals surface area contributed by atoms with Gasteiger partial charge in [-0.15, -0.1) is 0 Å². The molecule has 1 atom stereocenters. The van der Waals surface area contributed by atoms with Crippen molar-refractivity contribution in [2.75, 3.05) is 27.9 Å². The largest absolute Gasteiger partial charge is 0.494 e. The molecule has 0 fully saturated rings. The van der Waals surface area contributed by atoms with Gasteiger partial charge in [0, 0.05) is 18.2 Å². The molecule has 3 rings (SSSR count). The number of ether oxygens (including phenoxy) is 4. The van der Waals surface area contributed by atoms with Crippen molar-refractivity contribution in [1.82, 2.24) is 9.97 Å². The fourth-order valence-corrected chi connectivity index (χ4v) is 3.16. The Labute approximate surface area is 197 Å². The number of oxazole rings is 1. The van der Waals surface area contributed by atoms with Gasteiger partial charge in [0.05, 0.1) is 27.0 Å². The normalized spacial score (nSPS) is 12.1. The fraction of sp³-hybridized carbons (Fsp3) is 0.304. The van der Waals surface area contributed by atoms with Crippen molar-refractivity contribution in [3.05, 3.63) is 54.2 Å². The summed E-state index contributed by atoms with van der Waals surface area (Å²) < 4.78 is 63.0. The van der Waals surface area contributed by atoms with Crippen LogP contribution in [0.2, 0.25) is 0 Å². The third-order valence-electron chi connectivity index (χ3n) is 4.79. The smallest absolute Gasteiger partial charge is 0.422 e. The summed E-state index contributed by atoms with van der Waals surface area (Å²) in [6, 6.07) is 7.30. The van der Waals surface area contributed by atoms with Gasteiger partial charge in [-0.1, -0.05) is 0 Å². The van der Waals surface area contributed by atoms with Crippen molar-refractivity contribution < 1.29 is 46.1 Å². The Morgan fingerprint density at radius 2 is 1.80 bits per heavy atom. The van der Waals surface area contributed by atoms with Crippen LogP contribution < -0.4 is 14.2 Å². The molecular formula is C23H21F3N2O7. The van der Waals surface area contributed by atoms with Crippen LogP contribution in [0.15, 0.2) is 47.2 Å². The highest BCUT2D eigenvalue weighted by molar-refractivity contribution is 6.09. The molecule has 0 amide bonds. The lowest BCUT2D eigenvalue weighted by Crippen LogP contribution is -2.28. The minimum atomic E-state index is -4.54. The topological polar surface area (TPSA) is 110 Å². The van der Waals surface area contributed by atoms with Gasteiger partial charge in [0.2, 0.25) is 5.89 Å². The first-order valence-electron chi connectivity index (χ1n) is 10.1. The average molecular weight is 494 g/mol. The number of carbonyl (C=O) groups is 2. The van der Waals surface area contributed by atoms with Gasteiger partial charge in [-0.05, 0) is 30.3 Å². The minimum absolute atomic E-state index is 0.0333. The molecular weight excluding hydrogens is 473 g/mol. The van der Waals surface area contributed by atoms with Crippen molar-refractivity contribution in [1.29, 1.82) is 0 Å². The second kappa shape index (κ2) is 10.9. The van der Waals surface area contributed by atoms with Gasteiger partial charge in [-0.2, -0.15) is 13.2 Å². The number of hydrogen-bond donors (Lipinski definition) is 0. The zero-order valence-electron chi connectivity index (χ0n) is 18.9. The van der Waals surface area contributed by atoms with Crippen LogP contribution >= 0.6 is 0 Å². The van der Waals surface area contributed by atoms with Gasteiger partial charge in [0.25, 0.3) is 0 Å². The zero-order valence-corrected chi connectivity index (χ0v) is 18.9. The van der Waals surface area contributed by atoms with Crippen LogP contribution in [0.3, 0.4) is 0 Å². The highest BCUT2D eigenvalue weighted by Crippen LogP contribution is 2.34. The summed E-state index contributed by atoms with van der Waals surface area (Å²) in [6.07, 6.45) is -2.10. The Morgan fingerprint density at radius 3 is 2.46 bits per heavy atom. The van der Waals surface area contributed by atoms with Crippen molar-refractivity contribution in [2.24, 2.45) is 5.92 Å². The molecule has 3 aromatic rings. The summed E-state index contributed by atoms with van der Waals surface area (Å²) in [4.78, 5) is 33.7. The quantitative estimate of drug-likeness (QED) is 0.235. The van der Waals surface area contributed by atoms with Crippen LogP contribution in [0, 0.1) is 5.92 Å². The summed E-state index contributed by atoms with van der Waals surface area (Å²) in [5.74, 6) is -2.57. The van der Waals surface area contributed by atoms with Crippen LogP contribution in [-0.2, 0) is 16.0 Å². The van der Waals surface area contributed by atoms with E-state index < -0.39 is 30.5 Å². The van der Waals surface area contributed by atoms with E-state index in [4.69, 9.17) is 23.4 Å². The van der Waals surface area contributed by atoms with Crippen LogP contribution in [0.1, 0.15) is 16.2 Å². The maximum absolute atomic E-state index is 13.1. The number of carbonyl (C=O) groups excluding carboxylic acids is 2. The number of benzene rings is 1. The predicted octanol–water partition coefficient (Wildman–Crippen LogP) is 3.91. The highest BCUT2D eigenvalue weighted by atomic mass is 19.4. The number of methoxy groups -OCH3 is 3. The lowest BCUT2D eigenvalue weighted by molar-refractivity contribution is -0.153. The van der Waals surface area contributed by atoms with Gasteiger partial charge in [0.1, 0.15) is 23.6 Å². The Balaban J connectivity index is 1.86. The number of aromatic nitrogens is 2. The lowest BCUT2D eigenvalue weighted by Gasteiger charge is -2.13. The van der Waals surface area contributed by atoms with Gasteiger partial charge in [-0.25, -0.2) is 9.97 Å². The molecule has 12 heteroatoms. The number of halogens is 3. The van der Waals surface area contributed by atoms with E-state index in [-0.39, 0.29) is 40.9 Å². The van der Waals surface area contributed by atoms with E-state index in [1.165, 1.54) is 50.9 Å². The summed E-state index contributed by atoms with van der Waals surface area (Å²) in [5, 5.41) is 0. The summed E-state index contributed by atoms with van der Waals surface area (Å²) in [5.41, 5.74) is 0.476. The molecule has 1 aromatic carbocycles. The molecule has 0 radical (unpaired) electrons. The van der Waals surface area contributed by atoms with Crippen LogP contribution in [0.4, 0.5) is 13.2 Å². The first-order chi connectivity index (χ1) is 16.7. The van der Waals surface area contributed by atoms with E-state index in [2.05, 4.69) is 9.97 Å². The molecule has 0 saturated carbocycles. The van der Waals surface area contributed by atoms with Crippen molar-refractivity contribution in [3.8, 4) is 28.7 Å². The number of alkyl halides is 3.